The topological polar surface area (TPSA) is 124 Å². The Hall–Kier alpha value is 0.570. The summed E-state index contributed by atoms with van der Waals surface area (Å²) in [6.07, 6.45) is -5.28. The van der Waals surface area contributed by atoms with Crippen LogP contribution in [-0.4, -0.2) is 57.7 Å². The summed E-state index contributed by atoms with van der Waals surface area (Å²) in [7, 11) is -0.723. The molecule has 0 saturated heterocycles. The van der Waals surface area contributed by atoms with E-state index in [4.69, 9.17) is 20.4 Å². The summed E-state index contributed by atoms with van der Waals surface area (Å²) in [5, 5.41) is 35.3. The van der Waals surface area contributed by atoms with Gasteiger partial charge in [-0.25, -0.2) is 4.57 Å². The number of aliphatic hydroxyl groups is 4. The third-order valence-corrected chi connectivity index (χ3v) is 1.73. The zero-order valence-electron chi connectivity index (χ0n) is 9.11. The van der Waals surface area contributed by atoms with Crippen LogP contribution in [0.5, 0.6) is 0 Å². The number of hydrogen-bond donors (Lipinski definition) is 4. The second-order valence-electron chi connectivity index (χ2n) is 2.50. The van der Waals surface area contributed by atoms with E-state index in [2.05, 4.69) is 4.52 Å². The molecule has 0 aromatic heterocycles. The van der Waals surface area contributed by atoms with Gasteiger partial charge < -0.3 is 21.9 Å². The number of hydrogen-bond acceptors (Lipinski definition) is 7. The van der Waals surface area contributed by atoms with Crippen molar-refractivity contribution in [2.24, 2.45) is 0 Å². The second-order valence-corrected chi connectivity index (χ2v) is 2.91. The molecule has 0 aliphatic carbocycles. The molecule has 0 amide bonds. The molecular weight excluding hydrogens is 238 g/mol. The molecular formula is C6H12NaO7P. The molecule has 15 heavy (non-hydrogen) atoms. The van der Waals surface area contributed by atoms with Crippen molar-refractivity contribution in [2.45, 2.75) is 18.3 Å². The van der Waals surface area contributed by atoms with Gasteiger partial charge in [-0.3, -0.25) is 9.32 Å². The molecule has 9 heteroatoms. The van der Waals surface area contributed by atoms with Gasteiger partial charge in [-0.05, 0) is 0 Å². The van der Waals surface area contributed by atoms with E-state index < -0.39 is 46.0 Å². The van der Waals surface area contributed by atoms with Crippen LogP contribution in [0.3, 0.4) is 0 Å². The maximum atomic E-state index is 10.9. The smallest absolute Gasteiger partial charge is 1.00 e. The van der Waals surface area contributed by atoms with E-state index in [-0.39, 0.29) is 31.0 Å². The minimum atomic E-state index is -1.88. The van der Waals surface area contributed by atoms with E-state index in [0.29, 0.717) is 0 Å². The van der Waals surface area contributed by atoms with Crippen LogP contribution in [0.2, 0.25) is 0 Å². The van der Waals surface area contributed by atoms with Crippen LogP contribution in [0, 0.1) is 0 Å². The fourth-order valence-electron chi connectivity index (χ4n) is 0.684. The van der Waals surface area contributed by atoms with Crippen molar-refractivity contribution in [3.63, 3.8) is 0 Å². The molecule has 0 aromatic carbocycles. The fourth-order valence-corrected chi connectivity index (χ4v) is 0.864. The number of ketones is 1. The van der Waals surface area contributed by atoms with Crippen molar-refractivity contribution in [3.05, 3.63) is 0 Å². The first kappa shape index (κ1) is 17.9. The molecule has 0 spiro atoms. The minimum absolute atomic E-state index is 0. The van der Waals surface area contributed by atoms with E-state index >= 15 is 0 Å². The van der Waals surface area contributed by atoms with Crippen LogP contribution < -0.4 is 29.6 Å². The zero-order valence-corrected chi connectivity index (χ0v) is 11.0. The van der Waals surface area contributed by atoms with Gasteiger partial charge in [-0.15, -0.1) is 0 Å². The van der Waals surface area contributed by atoms with Gasteiger partial charge in [0.15, 0.2) is 5.78 Å². The maximum Gasteiger partial charge on any atom is 1.00 e. The summed E-state index contributed by atoms with van der Waals surface area (Å²) < 4.78 is 13.9. The molecule has 0 rings (SSSR count). The Morgan fingerprint density at radius 1 is 1.40 bits per heavy atom. The summed E-state index contributed by atoms with van der Waals surface area (Å²) in [5.41, 5.74) is 0. The van der Waals surface area contributed by atoms with Crippen LogP contribution in [-0.2, 0) is 13.9 Å². The number of carbonyl (C=O) groups excluding carboxylic acids is 1. The van der Waals surface area contributed by atoms with Gasteiger partial charge in [-0.1, -0.05) is 0 Å². The molecule has 0 heterocycles. The van der Waals surface area contributed by atoms with E-state index in [9.17, 15) is 9.36 Å². The molecule has 0 fully saturated rings. The van der Waals surface area contributed by atoms with E-state index in [0.717, 1.165) is 0 Å². The molecule has 7 nitrogen and oxygen atoms in total. The number of carbonyl (C=O) groups is 1. The van der Waals surface area contributed by atoms with Crippen LogP contribution in [0.25, 0.3) is 0 Å². The molecule has 0 radical (unpaired) electrons. The Labute approximate surface area is 111 Å². The Balaban J connectivity index is -0.000000845. The largest absolute Gasteiger partial charge is 1.00 e. The first-order valence-corrected chi connectivity index (χ1v) is 4.40. The van der Waals surface area contributed by atoms with E-state index in [1.165, 1.54) is 0 Å². The van der Waals surface area contributed by atoms with E-state index in [1.807, 2.05) is 0 Å². The van der Waals surface area contributed by atoms with E-state index in [1.54, 1.807) is 0 Å². The van der Waals surface area contributed by atoms with Crippen molar-refractivity contribution in [3.8, 4) is 0 Å². The molecule has 0 unspecified atom stereocenters. The number of rotatable bonds is 7. The minimum Gasteiger partial charge on any atom is -1.00 e. The van der Waals surface area contributed by atoms with Crippen molar-refractivity contribution >= 4 is 14.5 Å². The SMILES string of the molecule is O=POCC(=O)[C@H](O)[C@@H](O)[C@H](O)CO.[H-].[Na+]. The Kier molecular flexibility index (Phi) is 11.7. The average molecular weight is 250 g/mol. The van der Waals surface area contributed by atoms with Crippen LogP contribution >= 0.6 is 8.69 Å². The van der Waals surface area contributed by atoms with Gasteiger partial charge in [0, 0.05) is 0 Å². The summed E-state index contributed by atoms with van der Waals surface area (Å²) in [6.45, 7) is -1.44. The maximum absolute atomic E-state index is 10.9. The van der Waals surface area contributed by atoms with Crippen LogP contribution in [0.1, 0.15) is 1.43 Å². The predicted molar refractivity (Wildman–Crippen MR) is 44.8 cm³/mol. The van der Waals surface area contributed by atoms with Crippen molar-refractivity contribution in [1.29, 1.82) is 0 Å². The average Bonchev–Trinajstić information content (AvgIpc) is 2.22. The summed E-state index contributed by atoms with van der Waals surface area (Å²) in [6, 6.07) is 0. The number of Topliss-reactive ketones (excluding diaryl/α,β-unsaturated/α-hetero) is 1. The van der Waals surface area contributed by atoms with Crippen LogP contribution in [0.4, 0.5) is 0 Å². The third-order valence-electron chi connectivity index (χ3n) is 1.49. The molecule has 0 bridgehead atoms. The predicted octanol–water partition coefficient (Wildman–Crippen LogP) is -5.03. The quantitative estimate of drug-likeness (QED) is 0.263. The summed E-state index contributed by atoms with van der Waals surface area (Å²) >= 11 is 0. The standard InChI is InChI=1S/C6H11O7P.Na.H/c7-1-3(8)5(10)6(11)4(9)2-13-14-12;;/h3,5-8,10-11H,1-2H2;;/q;+1;-1/t3-,5+,6+;;/m1../s1. The molecule has 0 saturated carbocycles. The first-order chi connectivity index (χ1) is 6.54. The molecule has 84 valence electrons. The first-order valence-electron chi connectivity index (χ1n) is 3.67. The van der Waals surface area contributed by atoms with Gasteiger partial charge in [0.25, 0.3) is 0 Å². The molecule has 4 N–H and O–H groups in total. The molecule has 0 aliphatic heterocycles. The van der Waals surface area contributed by atoms with Gasteiger partial charge >= 0.3 is 38.2 Å². The Morgan fingerprint density at radius 2 is 1.93 bits per heavy atom. The molecule has 0 aromatic rings. The van der Waals surface area contributed by atoms with Crippen molar-refractivity contribution < 1.29 is 65.3 Å². The molecule has 3 atom stereocenters. The van der Waals surface area contributed by atoms with Crippen molar-refractivity contribution in [1.82, 2.24) is 0 Å². The van der Waals surface area contributed by atoms with Crippen molar-refractivity contribution in [2.75, 3.05) is 13.2 Å². The second kappa shape index (κ2) is 9.77. The zero-order chi connectivity index (χ0) is 11.1. The Bertz CT molecular complexity index is 207. The van der Waals surface area contributed by atoms with Gasteiger partial charge in [-0.2, -0.15) is 0 Å². The van der Waals surface area contributed by atoms with Gasteiger partial charge in [0.1, 0.15) is 24.9 Å². The third kappa shape index (κ3) is 6.68. The fraction of sp³-hybridized carbons (Fsp3) is 0.833. The summed E-state index contributed by atoms with van der Waals surface area (Å²) in [4.78, 5) is 10.9. The van der Waals surface area contributed by atoms with Gasteiger partial charge in [0.05, 0.1) is 6.61 Å². The summed E-state index contributed by atoms with van der Waals surface area (Å²) in [5.74, 6) is -0.937. The normalized spacial score (nSPS) is 16.5. The number of aliphatic hydroxyl groups excluding tert-OH is 4. The Morgan fingerprint density at radius 3 is 2.33 bits per heavy atom. The van der Waals surface area contributed by atoms with Gasteiger partial charge in [0.2, 0.25) is 0 Å². The monoisotopic (exact) mass is 250 g/mol. The van der Waals surface area contributed by atoms with Crippen LogP contribution in [0.15, 0.2) is 0 Å². The molecule has 0 aliphatic rings.